The number of thiophene rings is 1. The van der Waals surface area contributed by atoms with Crippen molar-refractivity contribution in [3.8, 4) is 0 Å². The summed E-state index contributed by atoms with van der Waals surface area (Å²) in [5.74, 6) is 0.779. The molecular weight excluding hydrogens is 282 g/mol. The summed E-state index contributed by atoms with van der Waals surface area (Å²) in [7, 11) is 3.50. The molecule has 21 heavy (non-hydrogen) atoms. The van der Waals surface area contributed by atoms with Crippen LogP contribution >= 0.6 is 11.3 Å². The van der Waals surface area contributed by atoms with Crippen molar-refractivity contribution in [2.24, 2.45) is 4.99 Å². The van der Waals surface area contributed by atoms with Crippen LogP contribution in [-0.4, -0.2) is 26.7 Å². The lowest BCUT2D eigenvalue weighted by molar-refractivity contribution is 0.106. The second-order valence-corrected chi connectivity index (χ2v) is 5.55. The molecule has 1 aromatic heterocycles. The molecule has 2 N–H and O–H groups in total. The third kappa shape index (κ3) is 4.88. The van der Waals surface area contributed by atoms with E-state index in [1.54, 1.807) is 25.5 Å². The fourth-order valence-electron chi connectivity index (χ4n) is 2.00. The fraction of sp³-hybridized carbons (Fsp3) is 0.312. The van der Waals surface area contributed by atoms with Crippen LogP contribution in [0.4, 0.5) is 0 Å². The molecule has 1 heterocycles. The molecule has 1 aromatic carbocycles. The molecule has 0 fully saturated rings. The molecule has 112 valence electrons. The molecule has 2 aromatic rings. The van der Waals surface area contributed by atoms with Gasteiger partial charge in [-0.2, -0.15) is 0 Å². The second kappa shape index (κ2) is 8.44. The average molecular weight is 303 g/mol. The third-order valence-corrected chi connectivity index (χ3v) is 4.02. The van der Waals surface area contributed by atoms with Gasteiger partial charge in [-0.3, -0.25) is 4.99 Å². The van der Waals surface area contributed by atoms with Crippen LogP contribution in [0.2, 0.25) is 0 Å². The Kier molecular flexibility index (Phi) is 6.24. The third-order valence-electron chi connectivity index (χ3n) is 3.14. The fourth-order valence-corrected chi connectivity index (χ4v) is 2.64. The van der Waals surface area contributed by atoms with E-state index in [-0.39, 0.29) is 6.10 Å². The van der Waals surface area contributed by atoms with Crippen LogP contribution in [0.15, 0.2) is 52.8 Å². The Balaban J connectivity index is 1.84. The maximum absolute atomic E-state index is 5.54. The van der Waals surface area contributed by atoms with Crippen molar-refractivity contribution >= 4 is 17.3 Å². The van der Waals surface area contributed by atoms with Crippen LogP contribution in [0.3, 0.4) is 0 Å². The Morgan fingerprint density at radius 3 is 2.62 bits per heavy atom. The van der Waals surface area contributed by atoms with E-state index in [9.17, 15) is 0 Å². The standard InChI is InChI=1S/C16H21N3OS/c1-17-16(18-11-14-9-6-10-21-14)19-12-15(20-2)13-7-4-3-5-8-13/h3-10,15H,11-12H2,1-2H3,(H2,17,18,19). The molecule has 0 aliphatic rings. The predicted molar refractivity (Wildman–Crippen MR) is 88.7 cm³/mol. The van der Waals surface area contributed by atoms with E-state index in [0.29, 0.717) is 6.54 Å². The number of hydrogen-bond acceptors (Lipinski definition) is 3. The van der Waals surface area contributed by atoms with Gasteiger partial charge in [0.15, 0.2) is 5.96 Å². The van der Waals surface area contributed by atoms with Crippen LogP contribution < -0.4 is 10.6 Å². The topological polar surface area (TPSA) is 45.7 Å². The molecule has 2 rings (SSSR count). The number of nitrogens with one attached hydrogen (secondary N) is 2. The highest BCUT2D eigenvalue weighted by molar-refractivity contribution is 7.09. The molecule has 0 bridgehead atoms. The predicted octanol–water partition coefficient (Wildman–Crippen LogP) is 2.80. The summed E-state index contributed by atoms with van der Waals surface area (Å²) in [6.45, 7) is 1.45. The van der Waals surface area contributed by atoms with Crippen LogP contribution in [0.1, 0.15) is 16.5 Å². The number of guanidine groups is 1. The van der Waals surface area contributed by atoms with Crippen LogP contribution in [-0.2, 0) is 11.3 Å². The molecule has 0 saturated carbocycles. The van der Waals surface area contributed by atoms with Gasteiger partial charge in [-0.25, -0.2) is 0 Å². The van der Waals surface area contributed by atoms with E-state index in [2.05, 4.69) is 39.2 Å². The summed E-state index contributed by atoms with van der Waals surface area (Å²) in [6, 6.07) is 14.3. The first-order valence-corrected chi connectivity index (χ1v) is 7.76. The molecule has 1 unspecified atom stereocenters. The first-order chi connectivity index (χ1) is 10.3. The average Bonchev–Trinajstić information content (AvgIpc) is 3.05. The number of benzene rings is 1. The molecule has 4 nitrogen and oxygen atoms in total. The zero-order valence-corrected chi connectivity index (χ0v) is 13.2. The van der Waals surface area contributed by atoms with Crippen LogP contribution in [0.25, 0.3) is 0 Å². The van der Waals surface area contributed by atoms with Crippen molar-refractivity contribution in [2.45, 2.75) is 12.6 Å². The number of aliphatic imine (C=N–C) groups is 1. The smallest absolute Gasteiger partial charge is 0.191 e. The van der Waals surface area contributed by atoms with E-state index < -0.39 is 0 Å². The normalized spacial score (nSPS) is 13.0. The lowest BCUT2D eigenvalue weighted by Crippen LogP contribution is -2.39. The highest BCUT2D eigenvalue weighted by Gasteiger charge is 2.10. The van der Waals surface area contributed by atoms with Gasteiger partial charge in [0, 0.05) is 25.6 Å². The summed E-state index contributed by atoms with van der Waals surface area (Å²) in [5.41, 5.74) is 1.15. The van der Waals surface area contributed by atoms with E-state index in [0.717, 1.165) is 18.1 Å². The Morgan fingerprint density at radius 1 is 1.19 bits per heavy atom. The molecule has 0 saturated heterocycles. The van der Waals surface area contributed by atoms with Crippen molar-refractivity contribution in [3.63, 3.8) is 0 Å². The number of hydrogen-bond donors (Lipinski definition) is 2. The summed E-state index contributed by atoms with van der Waals surface area (Å²) in [6.07, 6.45) is 0.00601. The highest BCUT2D eigenvalue weighted by atomic mass is 32.1. The van der Waals surface area contributed by atoms with Crippen molar-refractivity contribution < 1.29 is 4.74 Å². The van der Waals surface area contributed by atoms with E-state index >= 15 is 0 Å². The lowest BCUT2D eigenvalue weighted by Gasteiger charge is -2.18. The Morgan fingerprint density at radius 2 is 2.00 bits per heavy atom. The van der Waals surface area contributed by atoms with Crippen LogP contribution in [0, 0.1) is 0 Å². The summed E-state index contributed by atoms with van der Waals surface area (Å²) < 4.78 is 5.54. The summed E-state index contributed by atoms with van der Waals surface area (Å²) in [4.78, 5) is 5.51. The van der Waals surface area contributed by atoms with E-state index in [4.69, 9.17) is 4.74 Å². The second-order valence-electron chi connectivity index (χ2n) is 4.52. The zero-order valence-electron chi connectivity index (χ0n) is 12.4. The first-order valence-electron chi connectivity index (χ1n) is 6.88. The molecular formula is C16H21N3OS. The van der Waals surface area contributed by atoms with Gasteiger partial charge in [-0.05, 0) is 17.0 Å². The largest absolute Gasteiger partial charge is 0.375 e. The zero-order chi connectivity index (χ0) is 14.9. The SMILES string of the molecule is CN=C(NCc1cccs1)NCC(OC)c1ccccc1. The minimum absolute atomic E-state index is 0.00601. The molecule has 0 radical (unpaired) electrons. The van der Waals surface area contributed by atoms with Crippen LogP contribution in [0.5, 0.6) is 0 Å². The summed E-state index contributed by atoms with van der Waals surface area (Å²) in [5, 5.41) is 8.67. The Labute approximate surface area is 129 Å². The molecule has 0 aliphatic carbocycles. The summed E-state index contributed by atoms with van der Waals surface area (Å²) >= 11 is 1.73. The van der Waals surface area contributed by atoms with Gasteiger partial charge in [0.1, 0.15) is 0 Å². The van der Waals surface area contributed by atoms with Gasteiger partial charge in [-0.1, -0.05) is 36.4 Å². The van der Waals surface area contributed by atoms with E-state index in [1.165, 1.54) is 4.88 Å². The molecule has 1 atom stereocenters. The monoisotopic (exact) mass is 303 g/mol. The highest BCUT2D eigenvalue weighted by Crippen LogP contribution is 2.14. The Hall–Kier alpha value is -1.85. The van der Waals surface area contributed by atoms with Gasteiger partial charge < -0.3 is 15.4 Å². The van der Waals surface area contributed by atoms with Crippen molar-refractivity contribution in [3.05, 3.63) is 58.3 Å². The maximum Gasteiger partial charge on any atom is 0.191 e. The van der Waals surface area contributed by atoms with Gasteiger partial charge in [0.25, 0.3) is 0 Å². The number of nitrogens with zero attached hydrogens (tertiary/aromatic N) is 1. The van der Waals surface area contributed by atoms with E-state index in [1.807, 2.05) is 24.3 Å². The van der Waals surface area contributed by atoms with Gasteiger partial charge >= 0.3 is 0 Å². The van der Waals surface area contributed by atoms with Gasteiger partial charge in [0.05, 0.1) is 12.6 Å². The van der Waals surface area contributed by atoms with Crippen molar-refractivity contribution in [1.82, 2.24) is 10.6 Å². The lowest BCUT2D eigenvalue weighted by atomic mass is 10.1. The quantitative estimate of drug-likeness (QED) is 0.637. The minimum Gasteiger partial charge on any atom is -0.375 e. The van der Waals surface area contributed by atoms with Crippen molar-refractivity contribution in [2.75, 3.05) is 20.7 Å². The number of rotatable bonds is 6. The Bertz CT molecular complexity index is 540. The van der Waals surface area contributed by atoms with Gasteiger partial charge in [-0.15, -0.1) is 11.3 Å². The molecule has 0 aliphatic heterocycles. The number of ether oxygens (including phenoxy) is 1. The minimum atomic E-state index is 0.00601. The van der Waals surface area contributed by atoms with Crippen molar-refractivity contribution in [1.29, 1.82) is 0 Å². The molecule has 5 heteroatoms. The molecule has 0 amide bonds. The molecule has 0 spiro atoms. The first kappa shape index (κ1) is 15.5. The van der Waals surface area contributed by atoms with Gasteiger partial charge in [0.2, 0.25) is 0 Å². The number of methoxy groups -OCH3 is 1. The maximum atomic E-state index is 5.54.